The zero-order chi connectivity index (χ0) is 15.9. The fourth-order valence-electron chi connectivity index (χ4n) is 1.81. The van der Waals surface area contributed by atoms with Gasteiger partial charge < -0.3 is 10.6 Å². The Kier molecular flexibility index (Phi) is 5.19. The van der Waals surface area contributed by atoms with E-state index in [-0.39, 0.29) is 23.6 Å². The number of carbonyl (C=O) groups excluding carboxylic acids is 2. The molecule has 114 valence electrons. The molecule has 0 unspecified atom stereocenters. The molecule has 0 aliphatic carbocycles. The number of rotatable bonds is 5. The first kappa shape index (κ1) is 15.6. The molecule has 2 heterocycles. The molecule has 0 saturated heterocycles. The summed E-state index contributed by atoms with van der Waals surface area (Å²) in [5, 5.41) is 5.50. The summed E-state index contributed by atoms with van der Waals surface area (Å²) in [5.41, 5.74) is 1.38. The van der Waals surface area contributed by atoms with E-state index < -0.39 is 0 Å². The van der Waals surface area contributed by atoms with E-state index in [1.807, 2.05) is 32.0 Å². The van der Waals surface area contributed by atoms with Crippen LogP contribution in [-0.2, 0) is 6.54 Å². The van der Waals surface area contributed by atoms with Gasteiger partial charge in [-0.3, -0.25) is 19.6 Å². The summed E-state index contributed by atoms with van der Waals surface area (Å²) in [4.78, 5) is 32.1. The second-order valence-corrected chi connectivity index (χ2v) is 5.06. The van der Waals surface area contributed by atoms with Crippen LogP contribution in [0.1, 0.15) is 40.4 Å². The monoisotopic (exact) mass is 298 g/mol. The van der Waals surface area contributed by atoms with Gasteiger partial charge in [0.25, 0.3) is 11.8 Å². The van der Waals surface area contributed by atoms with E-state index in [1.165, 1.54) is 12.3 Å². The summed E-state index contributed by atoms with van der Waals surface area (Å²) < 4.78 is 0. The lowest BCUT2D eigenvalue weighted by Gasteiger charge is -2.09. The Morgan fingerprint density at radius 1 is 1.09 bits per heavy atom. The highest BCUT2D eigenvalue weighted by molar-refractivity contribution is 5.98. The second kappa shape index (κ2) is 7.31. The van der Waals surface area contributed by atoms with Gasteiger partial charge >= 0.3 is 0 Å². The van der Waals surface area contributed by atoms with E-state index in [1.54, 1.807) is 12.3 Å². The number of pyridine rings is 2. The van der Waals surface area contributed by atoms with Crippen molar-refractivity contribution in [1.29, 1.82) is 0 Å². The number of carbonyl (C=O) groups is 2. The number of nitrogens with zero attached hydrogens (tertiary/aromatic N) is 2. The minimum atomic E-state index is -0.297. The van der Waals surface area contributed by atoms with Gasteiger partial charge in [0.1, 0.15) is 5.69 Å². The number of aromatic nitrogens is 2. The van der Waals surface area contributed by atoms with E-state index in [0.29, 0.717) is 12.1 Å². The molecule has 2 rings (SSSR count). The molecule has 2 amide bonds. The minimum absolute atomic E-state index is 0.0101. The average molecular weight is 298 g/mol. The highest BCUT2D eigenvalue weighted by Crippen LogP contribution is 2.03. The first-order chi connectivity index (χ1) is 10.6. The molecule has 0 radical (unpaired) electrons. The average Bonchev–Trinajstić information content (AvgIpc) is 2.53. The topological polar surface area (TPSA) is 84.0 Å². The summed E-state index contributed by atoms with van der Waals surface area (Å²) in [6.45, 7) is 4.05. The molecule has 0 aromatic carbocycles. The molecule has 2 N–H and O–H groups in total. The molecule has 0 atom stereocenters. The summed E-state index contributed by atoms with van der Waals surface area (Å²) in [5.74, 6) is -0.568. The van der Waals surface area contributed by atoms with Gasteiger partial charge in [-0.15, -0.1) is 0 Å². The van der Waals surface area contributed by atoms with Crippen molar-refractivity contribution in [1.82, 2.24) is 20.6 Å². The standard InChI is InChI=1S/C16H18N4O2/c1-11(2)20-16(22)14-9-12(6-8-18-14)15(21)19-10-13-5-3-4-7-17-13/h3-9,11H,10H2,1-2H3,(H,19,21)(H,20,22). The first-order valence-corrected chi connectivity index (χ1v) is 7.01. The van der Waals surface area contributed by atoms with Gasteiger partial charge in [0.2, 0.25) is 0 Å². The third-order valence-electron chi connectivity index (χ3n) is 2.83. The summed E-state index contributed by atoms with van der Waals surface area (Å²) in [7, 11) is 0. The molecule has 0 aliphatic heterocycles. The Morgan fingerprint density at radius 3 is 2.59 bits per heavy atom. The molecule has 6 nitrogen and oxygen atoms in total. The van der Waals surface area contributed by atoms with E-state index in [9.17, 15) is 9.59 Å². The highest BCUT2D eigenvalue weighted by atomic mass is 16.2. The van der Waals surface area contributed by atoms with Crippen molar-refractivity contribution in [2.75, 3.05) is 0 Å². The molecule has 6 heteroatoms. The smallest absolute Gasteiger partial charge is 0.270 e. The number of amides is 2. The van der Waals surface area contributed by atoms with Crippen molar-refractivity contribution >= 4 is 11.8 Å². The van der Waals surface area contributed by atoms with Crippen LogP contribution >= 0.6 is 0 Å². The first-order valence-electron chi connectivity index (χ1n) is 7.01. The molecule has 0 spiro atoms. The van der Waals surface area contributed by atoms with Gasteiger partial charge in [0.15, 0.2) is 0 Å². The van der Waals surface area contributed by atoms with Crippen molar-refractivity contribution in [2.45, 2.75) is 26.4 Å². The number of hydrogen-bond acceptors (Lipinski definition) is 4. The SMILES string of the molecule is CC(C)NC(=O)c1cc(C(=O)NCc2ccccn2)ccn1. The molecular formula is C16H18N4O2. The number of nitrogens with one attached hydrogen (secondary N) is 2. The van der Waals surface area contributed by atoms with Gasteiger partial charge in [-0.2, -0.15) is 0 Å². The Morgan fingerprint density at radius 2 is 1.91 bits per heavy atom. The maximum atomic E-state index is 12.1. The fraction of sp³-hybridized carbons (Fsp3) is 0.250. The summed E-state index contributed by atoms with van der Waals surface area (Å²) >= 11 is 0. The van der Waals surface area contributed by atoms with Gasteiger partial charge in [0, 0.05) is 24.0 Å². The van der Waals surface area contributed by atoms with Crippen LogP contribution in [0.2, 0.25) is 0 Å². The molecular weight excluding hydrogens is 280 g/mol. The fourth-order valence-corrected chi connectivity index (χ4v) is 1.81. The molecule has 0 aliphatic rings. The lowest BCUT2D eigenvalue weighted by molar-refractivity contribution is 0.0938. The maximum absolute atomic E-state index is 12.1. The predicted molar refractivity (Wildman–Crippen MR) is 82.2 cm³/mol. The van der Waals surface area contributed by atoms with Crippen LogP contribution in [0, 0.1) is 0 Å². The zero-order valence-electron chi connectivity index (χ0n) is 12.5. The predicted octanol–water partition coefficient (Wildman–Crippen LogP) is 1.54. The largest absolute Gasteiger partial charge is 0.349 e. The van der Waals surface area contributed by atoms with Crippen LogP contribution in [0.5, 0.6) is 0 Å². The van der Waals surface area contributed by atoms with E-state index in [2.05, 4.69) is 20.6 Å². The molecule has 22 heavy (non-hydrogen) atoms. The normalized spacial score (nSPS) is 10.3. The van der Waals surface area contributed by atoms with E-state index >= 15 is 0 Å². The van der Waals surface area contributed by atoms with Crippen LogP contribution < -0.4 is 10.6 Å². The van der Waals surface area contributed by atoms with Gasteiger partial charge in [-0.25, -0.2) is 0 Å². The van der Waals surface area contributed by atoms with Crippen molar-refractivity contribution in [3.8, 4) is 0 Å². The highest BCUT2D eigenvalue weighted by Gasteiger charge is 2.12. The molecule has 0 bridgehead atoms. The zero-order valence-corrected chi connectivity index (χ0v) is 12.5. The van der Waals surface area contributed by atoms with Gasteiger partial charge in [-0.05, 0) is 38.1 Å². The van der Waals surface area contributed by atoms with E-state index in [0.717, 1.165) is 5.69 Å². The van der Waals surface area contributed by atoms with E-state index in [4.69, 9.17) is 0 Å². The van der Waals surface area contributed by atoms with Crippen molar-refractivity contribution in [3.63, 3.8) is 0 Å². The molecule has 0 saturated carbocycles. The van der Waals surface area contributed by atoms with Crippen LogP contribution in [0.4, 0.5) is 0 Å². The number of hydrogen-bond donors (Lipinski definition) is 2. The minimum Gasteiger partial charge on any atom is -0.349 e. The maximum Gasteiger partial charge on any atom is 0.270 e. The van der Waals surface area contributed by atoms with Crippen LogP contribution in [-0.4, -0.2) is 27.8 Å². The molecule has 2 aromatic rings. The van der Waals surface area contributed by atoms with Crippen LogP contribution in [0.3, 0.4) is 0 Å². The third-order valence-corrected chi connectivity index (χ3v) is 2.83. The molecule has 0 fully saturated rings. The van der Waals surface area contributed by atoms with Crippen molar-refractivity contribution in [3.05, 3.63) is 59.7 Å². The quantitative estimate of drug-likeness (QED) is 0.877. The summed E-state index contributed by atoms with van der Waals surface area (Å²) in [6.07, 6.45) is 3.12. The van der Waals surface area contributed by atoms with Crippen molar-refractivity contribution < 1.29 is 9.59 Å². The Balaban J connectivity index is 2.02. The molecule has 2 aromatic heterocycles. The van der Waals surface area contributed by atoms with Crippen LogP contribution in [0.15, 0.2) is 42.7 Å². The Bertz CT molecular complexity index is 656. The van der Waals surface area contributed by atoms with Crippen molar-refractivity contribution in [2.24, 2.45) is 0 Å². The van der Waals surface area contributed by atoms with Gasteiger partial charge in [0.05, 0.1) is 12.2 Å². The Labute approximate surface area is 129 Å². The van der Waals surface area contributed by atoms with Gasteiger partial charge in [-0.1, -0.05) is 6.07 Å². The lowest BCUT2D eigenvalue weighted by atomic mass is 10.2. The second-order valence-electron chi connectivity index (χ2n) is 5.06. The van der Waals surface area contributed by atoms with Crippen LogP contribution in [0.25, 0.3) is 0 Å². The third kappa shape index (κ3) is 4.37. The Hall–Kier alpha value is -2.76. The lowest BCUT2D eigenvalue weighted by Crippen LogP contribution is -2.31. The summed E-state index contributed by atoms with van der Waals surface area (Å²) in [6, 6.07) is 8.55.